The van der Waals surface area contributed by atoms with Crippen molar-refractivity contribution in [3.63, 3.8) is 0 Å². The van der Waals surface area contributed by atoms with Crippen LogP contribution in [0.4, 0.5) is 5.69 Å². The molecule has 1 N–H and O–H groups in total. The van der Waals surface area contributed by atoms with E-state index in [0.29, 0.717) is 5.75 Å². The Labute approximate surface area is 178 Å². The number of aromatic nitrogens is 2. The molecule has 0 spiro atoms. The van der Waals surface area contributed by atoms with Gasteiger partial charge in [-0.15, -0.1) is 11.3 Å². The maximum Gasteiger partial charge on any atom is 0.321 e. The summed E-state index contributed by atoms with van der Waals surface area (Å²) < 4.78 is 5.62. The normalized spacial score (nSPS) is 10.8. The third-order valence-electron chi connectivity index (χ3n) is 4.29. The number of amides is 1. The molecule has 2 aromatic carbocycles. The lowest BCUT2D eigenvalue weighted by Crippen LogP contribution is -2.08. The minimum Gasteiger partial charge on any atom is -0.424 e. The molecule has 0 atom stereocenters. The van der Waals surface area contributed by atoms with Gasteiger partial charge >= 0.3 is 6.01 Å². The number of hydrogen-bond acceptors (Lipinski definition) is 5. The van der Waals surface area contributed by atoms with Crippen LogP contribution in [0.2, 0.25) is 0 Å². The summed E-state index contributed by atoms with van der Waals surface area (Å²) in [4.78, 5) is 22.6. The molecule has 0 fully saturated rings. The number of hydrogen-bond donors (Lipinski definition) is 1. The fourth-order valence-electron chi connectivity index (χ4n) is 2.82. The van der Waals surface area contributed by atoms with Gasteiger partial charge in [-0.2, -0.15) is 0 Å². The number of thiophene rings is 1. The first-order chi connectivity index (χ1) is 14.7. The number of rotatable bonds is 6. The number of ether oxygens (including phenoxy) is 1. The standard InChI is InChI=1S/C24H19N3O2S/c1-17-16-19(29-24-25-14-5-15-26-24)8-11-21(17)27-23(28)13-10-20-9-12-22(30-20)18-6-3-2-4-7-18/h2-16H,1H3,(H,27,28)/b13-10+. The lowest BCUT2D eigenvalue weighted by atomic mass is 10.2. The van der Waals surface area contributed by atoms with Crippen molar-refractivity contribution in [1.82, 2.24) is 9.97 Å². The molecular weight excluding hydrogens is 394 g/mol. The molecule has 0 aliphatic carbocycles. The van der Waals surface area contributed by atoms with Gasteiger partial charge in [-0.3, -0.25) is 4.79 Å². The molecule has 4 rings (SSSR count). The van der Waals surface area contributed by atoms with Crippen LogP contribution in [0.1, 0.15) is 10.4 Å². The SMILES string of the molecule is Cc1cc(Oc2ncccn2)ccc1NC(=O)/C=C/c1ccc(-c2ccccc2)s1. The topological polar surface area (TPSA) is 64.1 Å². The number of aryl methyl sites for hydroxylation is 1. The van der Waals surface area contributed by atoms with Crippen molar-refractivity contribution in [1.29, 1.82) is 0 Å². The van der Waals surface area contributed by atoms with Gasteiger partial charge in [-0.25, -0.2) is 9.97 Å². The minimum absolute atomic E-state index is 0.187. The second-order valence-corrected chi connectivity index (χ2v) is 7.62. The molecule has 5 nitrogen and oxygen atoms in total. The van der Waals surface area contributed by atoms with Crippen molar-refractivity contribution in [2.45, 2.75) is 6.92 Å². The molecule has 0 saturated heterocycles. The van der Waals surface area contributed by atoms with E-state index >= 15 is 0 Å². The minimum atomic E-state index is -0.187. The smallest absolute Gasteiger partial charge is 0.321 e. The zero-order valence-electron chi connectivity index (χ0n) is 16.3. The van der Waals surface area contributed by atoms with E-state index in [4.69, 9.17) is 4.74 Å². The molecule has 2 heterocycles. The molecule has 1 amide bonds. The van der Waals surface area contributed by atoms with Crippen LogP contribution in [0, 0.1) is 6.92 Å². The number of nitrogens with zero attached hydrogens (tertiary/aromatic N) is 2. The van der Waals surface area contributed by atoms with Gasteiger partial charge < -0.3 is 10.1 Å². The molecule has 0 radical (unpaired) electrons. The highest BCUT2D eigenvalue weighted by Gasteiger charge is 2.06. The average molecular weight is 414 g/mol. The first kappa shape index (κ1) is 19.5. The summed E-state index contributed by atoms with van der Waals surface area (Å²) in [5, 5.41) is 2.90. The Morgan fingerprint density at radius 1 is 1.00 bits per heavy atom. The van der Waals surface area contributed by atoms with E-state index in [-0.39, 0.29) is 11.9 Å². The lowest BCUT2D eigenvalue weighted by molar-refractivity contribution is -0.111. The van der Waals surface area contributed by atoms with Gasteiger partial charge in [0, 0.05) is 33.9 Å². The summed E-state index contributed by atoms with van der Waals surface area (Å²) in [5.41, 5.74) is 2.78. The van der Waals surface area contributed by atoms with Crippen molar-refractivity contribution < 1.29 is 9.53 Å². The number of carbonyl (C=O) groups is 1. The van der Waals surface area contributed by atoms with Crippen LogP contribution < -0.4 is 10.1 Å². The monoisotopic (exact) mass is 413 g/mol. The van der Waals surface area contributed by atoms with Crippen molar-refractivity contribution in [3.05, 3.63) is 95.6 Å². The number of anilines is 1. The average Bonchev–Trinajstić information content (AvgIpc) is 3.25. The summed E-state index contributed by atoms with van der Waals surface area (Å²) in [5.74, 6) is 0.423. The van der Waals surface area contributed by atoms with E-state index < -0.39 is 0 Å². The molecule has 0 bridgehead atoms. The Bertz CT molecular complexity index is 1170. The van der Waals surface area contributed by atoms with E-state index in [0.717, 1.165) is 16.1 Å². The van der Waals surface area contributed by atoms with Crippen LogP contribution in [0.15, 0.2) is 85.2 Å². The zero-order valence-corrected chi connectivity index (χ0v) is 17.1. The second-order valence-electron chi connectivity index (χ2n) is 6.50. The van der Waals surface area contributed by atoms with E-state index in [1.165, 1.54) is 10.4 Å². The van der Waals surface area contributed by atoms with E-state index in [1.54, 1.807) is 48.0 Å². The Kier molecular flexibility index (Phi) is 5.96. The Hall–Kier alpha value is -3.77. The van der Waals surface area contributed by atoms with E-state index in [9.17, 15) is 4.79 Å². The van der Waals surface area contributed by atoms with Gasteiger partial charge in [-0.1, -0.05) is 30.3 Å². The van der Waals surface area contributed by atoms with Gasteiger partial charge in [0.25, 0.3) is 0 Å². The highest BCUT2D eigenvalue weighted by molar-refractivity contribution is 7.16. The predicted molar refractivity (Wildman–Crippen MR) is 121 cm³/mol. The zero-order chi connectivity index (χ0) is 20.8. The maximum absolute atomic E-state index is 12.3. The van der Waals surface area contributed by atoms with Gasteiger partial charge in [0.2, 0.25) is 5.91 Å². The van der Waals surface area contributed by atoms with Gasteiger partial charge in [-0.05, 0) is 60.5 Å². The summed E-state index contributed by atoms with van der Waals surface area (Å²) in [6.07, 6.45) is 6.60. The van der Waals surface area contributed by atoms with Crippen molar-refractivity contribution in [2.75, 3.05) is 5.32 Å². The van der Waals surface area contributed by atoms with Crippen LogP contribution >= 0.6 is 11.3 Å². The fraction of sp³-hybridized carbons (Fsp3) is 0.0417. The third-order valence-corrected chi connectivity index (χ3v) is 5.39. The highest BCUT2D eigenvalue weighted by atomic mass is 32.1. The summed E-state index contributed by atoms with van der Waals surface area (Å²) >= 11 is 1.65. The first-order valence-corrected chi connectivity index (χ1v) is 10.2. The van der Waals surface area contributed by atoms with Gasteiger partial charge in [0.05, 0.1) is 0 Å². The molecule has 4 aromatic rings. The predicted octanol–water partition coefficient (Wildman–Crippen LogP) is 5.96. The molecule has 30 heavy (non-hydrogen) atoms. The molecule has 2 aromatic heterocycles. The molecule has 0 saturated carbocycles. The number of nitrogens with one attached hydrogen (secondary N) is 1. The van der Waals surface area contributed by atoms with Crippen LogP contribution in [0.25, 0.3) is 16.5 Å². The fourth-order valence-corrected chi connectivity index (χ4v) is 3.73. The van der Waals surface area contributed by atoms with Crippen molar-refractivity contribution >= 4 is 29.0 Å². The second kappa shape index (κ2) is 9.15. The van der Waals surface area contributed by atoms with Crippen LogP contribution in [-0.4, -0.2) is 15.9 Å². The Balaban J connectivity index is 1.38. The Morgan fingerprint density at radius 3 is 2.57 bits per heavy atom. The lowest BCUT2D eigenvalue weighted by Gasteiger charge is -2.09. The van der Waals surface area contributed by atoms with Gasteiger partial charge in [0.15, 0.2) is 0 Å². The molecule has 0 unspecified atom stereocenters. The highest BCUT2D eigenvalue weighted by Crippen LogP contribution is 2.29. The Morgan fingerprint density at radius 2 is 1.80 bits per heavy atom. The largest absolute Gasteiger partial charge is 0.424 e. The van der Waals surface area contributed by atoms with Crippen molar-refractivity contribution in [2.24, 2.45) is 0 Å². The number of carbonyl (C=O) groups excluding carboxylic acids is 1. The molecular formula is C24H19N3O2S. The van der Waals surface area contributed by atoms with Crippen LogP contribution in [0.5, 0.6) is 11.8 Å². The maximum atomic E-state index is 12.3. The first-order valence-electron chi connectivity index (χ1n) is 9.37. The number of benzene rings is 2. The van der Waals surface area contributed by atoms with Crippen LogP contribution in [-0.2, 0) is 4.79 Å². The van der Waals surface area contributed by atoms with Crippen LogP contribution in [0.3, 0.4) is 0 Å². The molecule has 148 valence electrons. The molecule has 0 aliphatic rings. The van der Waals surface area contributed by atoms with E-state index in [1.807, 2.05) is 43.3 Å². The summed E-state index contributed by atoms with van der Waals surface area (Å²) in [6, 6.07) is 21.7. The quantitative estimate of drug-likeness (QED) is 0.396. The summed E-state index contributed by atoms with van der Waals surface area (Å²) in [6.45, 7) is 1.91. The van der Waals surface area contributed by atoms with E-state index in [2.05, 4.69) is 33.5 Å². The molecule has 0 aliphatic heterocycles. The van der Waals surface area contributed by atoms with Gasteiger partial charge in [0.1, 0.15) is 5.75 Å². The van der Waals surface area contributed by atoms with Crippen molar-refractivity contribution in [3.8, 4) is 22.2 Å². The summed E-state index contributed by atoms with van der Waals surface area (Å²) in [7, 11) is 0. The molecule has 6 heteroatoms. The third kappa shape index (κ3) is 4.98.